The van der Waals surface area contributed by atoms with Gasteiger partial charge in [-0.15, -0.1) is 0 Å². The largest absolute Gasteiger partial charge is 0.395 e. The Kier molecular flexibility index (Phi) is 6.60. The maximum Gasteiger partial charge on any atom is 0.395 e. The lowest BCUT2D eigenvalue weighted by molar-refractivity contribution is -0.146. The van der Waals surface area contributed by atoms with Crippen LogP contribution >= 0.6 is 0 Å². The highest BCUT2D eigenvalue weighted by atomic mass is 32.2. The van der Waals surface area contributed by atoms with E-state index < -0.39 is 22.1 Å². The Balaban J connectivity index is 2.02. The molecule has 8 heteroatoms. The fourth-order valence-corrected chi connectivity index (χ4v) is 4.67. The van der Waals surface area contributed by atoms with Crippen LogP contribution in [-0.2, 0) is 22.9 Å². The molecule has 0 aromatic heterocycles. The van der Waals surface area contributed by atoms with E-state index in [0.29, 0.717) is 11.6 Å². The van der Waals surface area contributed by atoms with E-state index in [2.05, 4.69) is 12.2 Å². The lowest BCUT2D eigenvalue weighted by Gasteiger charge is -2.26. The van der Waals surface area contributed by atoms with E-state index in [1.807, 2.05) is 12.1 Å². The maximum atomic E-state index is 13.2. The van der Waals surface area contributed by atoms with Gasteiger partial charge >= 0.3 is 6.18 Å². The molecule has 0 radical (unpaired) electrons. The van der Waals surface area contributed by atoms with Gasteiger partial charge in [0.1, 0.15) is 0 Å². The first-order valence-corrected chi connectivity index (χ1v) is 11.6. The fourth-order valence-electron chi connectivity index (χ4n) is 3.92. The SMILES string of the molecule is CCCN[C@H]1CCc2cc(-c3cc([C@H](C)C(F)(F)F)ccc3S(N)(=O)=O)ccc2C1. The number of benzene rings is 2. The predicted molar refractivity (Wildman–Crippen MR) is 112 cm³/mol. The van der Waals surface area contributed by atoms with Crippen LogP contribution in [0.4, 0.5) is 13.2 Å². The molecule has 0 saturated carbocycles. The second kappa shape index (κ2) is 8.69. The van der Waals surface area contributed by atoms with Gasteiger partial charge in [0.05, 0.1) is 10.8 Å². The van der Waals surface area contributed by atoms with Crippen molar-refractivity contribution in [2.75, 3.05) is 6.54 Å². The molecule has 30 heavy (non-hydrogen) atoms. The maximum absolute atomic E-state index is 13.2. The van der Waals surface area contributed by atoms with Crippen LogP contribution in [0.5, 0.6) is 0 Å². The van der Waals surface area contributed by atoms with Crippen LogP contribution in [0.2, 0.25) is 0 Å². The summed E-state index contributed by atoms with van der Waals surface area (Å²) in [6.45, 7) is 4.14. The van der Waals surface area contributed by atoms with Gasteiger partial charge in [0, 0.05) is 11.6 Å². The van der Waals surface area contributed by atoms with E-state index in [1.54, 1.807) is 6.07 Å². The smallest absolute Gasteiger partial charge is 0.314 e. The summed E-state index contributed by atoms with van der Waals surface area (Å²) in [6.07, 6.45) is -0.692. The highest BCUT2D eigenvalue weighted by Crippen LogP contribution is 2.38. The Labute approximate surface area is 175 Å². The number of halogens is 3. The molecule has 164 valence electrons. The first-order valence-electron chi connectivity index (χ1n) is 10.1. The number of nitrogens with two attached hydrogens (primary N) is 1. The van der Waals surface area contributed by atoms with Crippen LogP contribution in [0.3, 0.4) is 0 Å². The molecule has 0 heterocycles. The summed E-state index contributed by atoms with van der Waals surface area (Å²) in [6, 6.07) is 9.66. The monoisotopic (exact) mass is 440 g/mol. The van der Waals surface area contributed by atoms with Crippen LogP contribution in [0.25, 0.3) is 11.1 Å². The van der Waals surface area contributed by atoms with Gasteiger partial charge < -0.3 is 5.32 Å². The Hall–Kier alpha value is -1.90. The Morgan fingerprint density at radius 2 is 1.90 bits per heavy atom. The van der Waals surface area contributed by atoms with Crippen LogP contribution in [-0.4, -0.2) is 27.2 Å². The van der Waals surface area contributed by atoms with Gasteiger partial charge in [-0.05, 0) is 73.5 Å². The van der Waals surface area contributed by atoms with Crippen molar-refractivity contribution in [3.8, 4) is 11.1 Å². The molecular formula is C22H27F3N2O2S. The zero-order valence-electron chi connectivity index (χ0n) is 17.1. The number of rotatable bonds is 6. The average Bonchev–Trinajstić information content (AvgIpc) is 2.69. The molecule has 1 aliphatic carbocycles. The third-order valence-corrected chi connectivity index (χ3v) is 6.70. The molecule has 0 saturated heterocycles. The van der Waals surface area contributed by atoms with Gasteiger partial charge in [-0.25, -0.2) is 13.6 Å². The van der Waals surface area contributed by atoms with E-state index in [0.717, 1.165) is 44.7 Å². The van der Waals surface area contributed by atoms with Crippen molar-refractivity contribution in [3.05, 3.63) is 53.1 Å². The molecule has 2 atom stereocenters. The Bertz CT molecular complexity index is 1020. The molecule has 3 N–H and O–H groups in total. The molecule has 3 rings (SSSR count). The Morgan fingerprint density at radius 3 is 2.53 bits per heavy atom. The third kappa shape index (κ3) is 5.04. The van der Waals surface area contributed by atoms with Crippen molar-refractivity contribution in [2.45, 2.75) is 62.6 Å². The molecule has 0 aliphatic heterocycles. The van der Waals surface area contributed by atoms with E-state index in [9.17, 15) is 21.6 Å². The first-order chi connectivity index (χ1) is 14.0. The lowest BCUT2D eigenvalue weighted by Crippen LogP contribution is -2.34. The normalized spacial score (nSPS) is 18.1. The zero-order valence-corrected chi connectivity index (χ0v) is 17.9. The minimum atomic E-state index is -4.42. The summed E-state index contributed by atoms with van der Waals surface area (Å²) in [5.74, 6) is -1.71. The van der Waals surface area contributed by atoms with Crippen molar-refractivity contribution in [1.29, 1.82) is 0 Å². The number of sulfonamides is 1. The zero-order chi connectivity index (χ0) is 22.1. The topological polar surface area (TPSA) is 72.2 Å². The number of primary sulfonamides is 1. The molecule has 0 fully saturated rings. The van der Waals surface area contributed by atoms with Gasteiger partial charge in [-0.2, -0.15) is 13.2 Å². The van der Waals surface area contributed by atoms with E-state index in [1.165, 1.54) is 23.8 Å². The third-order valence-electron chi connectivity index (χ3n) is 5.73. The number of hydrogen-bond donors (Lipinski definition) is 2. The van der Waals surface area contributed by atoms with Gasteiger partial charge in [-0.1, -0.05) is 31.2 Å². The minimum absolute atomic E-state index is 0.00597. The lowest BCUT2D eigenvalue weighted by atomic mass is 9.86. The second-order valence-electron chi connectivity index (χ2n) is 7.94. The Morgan fingerprint density at radius 1 is 1.17 bits per heavy atom. The molecule has 4 nitrogen and oxygen atoms in total. The van der Waals surface area contributed by atoms with Crippen LogP contribution in [0.1, 0.15) is 49.3 Å². The van der Waals surface area contributed by atoms with E-state index in [4.69, 9.17) is 5.14 Å². The van der Waals surface area contributed by atoms with Gasteiger partial charge in [0.2, 0.25) is 10.0 Å². The van der Waals surface area contributed by atoms with Crippen molar-refractivity contribution in [1.82, 2.24) is 5.32 Å². The summed E-state index contributed by atoms with van der Waals surface area (Å²) in [4.78, 5) is -0.168. The standard InChI is InChI=1S/C22H27F3N2O2S/c1-3-10-27-19-8-6-16-11-18(5-4-17(16)12-19)20-13-15(14(2)22(23,24)25)7-9-21(20)30(26,28)29/h4-5,7,9,11,13-14,19,27H,3,6,8,10,12H2,1-2H3,(H2,26,28,29)/t14-,19-/m0/s1. The summed E-state index contributed by atoms with van der Waals surface area (Å²) in [7, 11) is -4.09. The van der Waals surface area contributed by atoms with Crippen molar-refractivity contribution in [3.63, 3.8) is 0 Å². The number of aryl methyl sites for hydroxylation is 1. The summed E-state index contributed by atoms with van der Waals surface area (Å²) in [5, 5.41) is 8.87. The first kappa shape index (κ1) is 22.8. The number of alkyl halides is 3. The predicted octanol–water partition coefficient (Wildman–Crippen LogP) is 4.52. The molecule has 1 aliphatic rings. The molecular weight excluding hydrogens is 413 g/mol. The van der Waals surface area contributed by atoms with E-state index >= 15 is 0 Å². The van der Waals surface area contributed by atoms with Crippen LogP contribution < -0.4 is 10.5 Å². The highest BCUT2D eigenvalue weighted by Gasteiger charge is 2.37. The summed E-state index contributed by atoms with van der Waals surface area (Å²) >= 11 is 0. The van der Waals surface area contributed by atoms with Gasteiger partial charge in [0.15, 0.2) is 0 Å². The van der Waals surface area contributed by atoms with Crippen LogP contribution in [0, 0.1) is 0 Å². The van der Waals surface area contributed by atoms with E-state index in [-0.39, 0.29) is 16.0 Å². The number of hydrogen-bond acceptors (Lipinski definition) is 3. The van der Waals surface area contributed by atoms with Gasteiger partial charge in [-0.3, -0.25) is 0 Å². The van der Waals surface area contributed by atoms with Crippen molar-refractivity contribution < 1.29 is 21.6 Å². The molecule has 0 unspecified atom stereocenters. The highest BCUT2D eigenvalue weighted by molar-refractivity contribution is 7.89. The quantitative estimate of drug-likeness (QED) is 0.694. The average molecular weight is 441 g/mol. The summed E-state index contributed by atoms with van der Waals surface area (Å²) < 4.78 is 63.8. The number of nitrogens with one attached hydrogen (secondary N) is 1. The second-order valence-corrected chi connectivity index (χ2v) is 9.47. The minimum Gasteiger partial charge on any atom is -0.314 e. The molecule has 2 aromatic carbocycles. The van der Waals surface area contributed by atoms with Crippen molar-refractivity contribution >= 4 is 10.0 Å². The molecule has 2 aromatic rings. The van der Waals surface area contributed by atoms with Crippen LogP contribution in [0.15, 0.2) is 41.3 Å². The fraction of sp³-hybridized carbons (Fsp3) is 0.455. The number of fused-ring (bicyclic) bond motifs is 1. The molecule has 0 amide bonds. The molecule has 0 bridgehead atoms. The summed E-state index contributed by atoms with van der Waals surface area (Å²) in [5.41, 5.74) is 3.05. The van der Waals surface area contributed by atoms with Gasteiger partial charge in [0.25, 0.3) is 0 Å². The van der Waals surface area contributed by atoms with Crippen molar-refractivity contribution in [2.24, 2.45) is 5.14 Å². The molecule has 0 spiro atoms.